The summed E-state index contributed by atoms with van der Waals surface area (Å²) in [6, 6.07) is 15.3. The number of sulfonamides is 1. The first-order chi connectivity index (χ1) is 19.7. The second kappa shape index (κ2) is 16.0. The SMILES string of the molecule is CNCCC(=O)NCC(C)(C)CC(=O)NCCC(O)(Cc1ccccc1)N(CC(C)C)S(=O)(=O)c1ccc(OC)cc1. The van der Waals surface area contributed by atoms with Gasteiger partial charge in [0.2, 0.25) is 21.8 Å². The zero-order valence-electron chi connectivity index (χ0n) is 25.8. The van der Waals surface area contributed by atoms with Crippen LogP contribution in [0.1, 0.15) is 52.5 Å². The van der Waals surface area contributed by atoms with Gasteiger partial charge in [-0.3, -0.25) is 9.59 Å². The van der Waals surface area contributed by atoms with E-state index in [1.54, 1.807) is 19.2 Å². The number of nitrogens with one attached hydrogen (secondary N) is 3. The van der Waals surface area contributed by atoms with Gasteiger partial charge in [0.05, 0.1) is 12.0 Å². The Hall–Kier alpha value is -2.99. The number of hydrogen-bond acceptors (Lipinski definition) is 7. The summed E-state index contributed by atoms with van der Waals surface area (Å²) in [4.78, 5) is 24.9. The van der Waals surface area contributed by atoms with Gasteiger partial charge in [-0.05, 0) is 48.2 Å². The van der Waals surface area contributed by atoms with E-state index in [1.807, 2.05) is 58.0 Å². The van der Waals surface area contributed by atoms with Crippen LogP contribution in [-0.2, 0) is 26.0 Å². The molecule has 1 unspecified atom stereocenters. The van der Waals surface area contributed by atoms with Gasteiger partial charge in [-0.25, -0.2) is 8.42 Å². The number of benzene rings is 2. The quantitative estimate of drug-likeness (QED) is 0.192. The fourth-order valence-electron chi connectivity index (χ4n) is 4.55. The molecule has 0 bridgehead atoms. The highest BCUT2D eigenvalue weighted by Gasteiger charge is 2.43. The van der Waals surface area contributed by atoms with E-state index >= 15 is 0 Å². The van der Waals surface area contributed by atoms with E-state index in [1.165, 1.54) is 19.2 Å². The highest BCUT2D eigenvalue weighted by atomic mass is 32.2. The van der Waals surface area contributed by atoms with Crippen molar-refractivity contribution in [3.8, 4) is 5.75 Å². The molecule has 0 aliphatic carbocycles. The number of methoxy groups -OCH3 is 1. The first kappa shape index (κ1) is 35.2. The van der Waals surface area contributed by atoms with Gasteiger partial charge in [-0.15, -0.1) is 0 Å². The minimum absolute atomic E-state index is 0.0308. The standard InChI is InChI=1S/C31H48N4O6S/c1-24(2)22-35(42(39,40)27-14-12-26(41-6)13-15-27)31(38,20-25-10-8-7-9-11-25)17-19-33-29(37)21-30(3,4)23-34-28(36)16-18-32-5/h7-15,24,32,38H,16-23H2,1-6H3,(H,33,37)(H,34,36). The second-order valence-electron chi connectivity index (χ2n) is 11.8. The van der Waals surface area contributed by atoms with Crippen molar-refractivity contribution in [2.24, 2.45) is 11.3 Å². The molecule has 11 heteroatoms. The average molecular weight is 605 g/mol. The van der Waals surface area contributed by atoms with Gasteiger partial charge >= 0.3 is 0 Å². The highest BCUT2D eigenvalue weighted by molar-refractivity contribution is 7.89. The van der Waals surface area contributed by atoms with Gasteiger partial charge in [0.1, 0.15) is 11.5 Å². The molecule has 42 heavy (non-hydrogen) atoms. The lowest BCUT2D eigenvalue weighted by atomic mass is 9.88. The maximum absolute atomic E-state index is 14.0. The lowest BCUT2D eigenvalue weighted by Gasteiger charge is -2.40. The summed E-state index contributed by atoms with van der Waals surface area (Å²) in [5, 5.41) is 20.8. The van der Waals surface area contributed by atoms with E-state index in [2.05, 4.69) is 16.0 Å². The fourth-order valence-corrected chi connectivity index (χ4v) is 6.38. The van der Waals surface area contributed by atoms with E-state index < -0.39 is 21.2 Å². The number of amides is 2. The van der Waals surface area contributed by atoms with Crippen molar-refractivity contribution in [3.05, 3.63) is 60.2 Å². The van der Waals surface area contributed by atoms with Crippen molar-refractivity contribution in [1.82, 2.24) is 20.3 Å². The van der Waals surface area contributed by atoms with Crippen LogP contribution in [0.25, 0.3) is 0 Å². The predicted molar refractivity (Wildman–Crippen MR) is 164 cm³/mol. The number of hydrogen-bond donors (Lipinski definition) is 4. The van der Waals surface area contributed by atoms with Crippen LogP contribution in [0.2, 0.25) is 0 Å². The largest absolute Gasteiger partial charge is 0.497 e. The Labute approximate surface area is 251 Å². The lowest BCUT2D eigenvalue weighted by molar-refractivity contribution is -0.125. The van der Waals surface area contributed by atoms with Crippen LogP contribution in [0, 0.1) is 11.3 Å². The van der Waals surface area contributed by atoms with Crippen LogP contribution in [-0.4, -0.2) is 75.7 Å². The Morgan fingerprint density at radius 3 is 2.19 bits per heavy atom. The maximum atomic E-state index is 14.0. The zero-order valence-corrected chi connectivity index (χ0v) is 26.6. The molecule has 0 fully saturated rings. The van der Waals surface area contributed by atoms with Crippen molar-refractivity contribution in [3.63, 3.8) is 0 Å². The van der Waals surface area contributed by atoms with E-state index in [0.717, 1.165) is 9.87 Å². The monoisotopic (exact) mass is 604 g/mol. The smallest absolute Gasteiger partial charge is 0.245 e. The van der Waals surface area contributed by atoms with Crippen molar-refractivity contribution in [1.29, 1.82) is 0 Å². The first-order valence-electron chi connectivity index (χ1n) is 14.3. The number of ether oxygens (including phenoxy) is 1. The first-order valence-corrected chi connectivity index (χ1v) is 15.8. The molecule has 0 saturated heterocycles. The molecule has 0 radical (unpaired) electrons. The Kier molecular flexibility index (Phi) is 13.4. The number of nitrogens with zero attached hydrogens (tertiary/aromatic N) is 1. The number of carbonyl (C=O) groups excluding carboxylic acids is 2. The molecular weight excluding hydrogens is 556 g/mol. The van der Waals surface area contributed by atoms with Gasteiger partial charge in [0.15, 0.2) is 0 Å². The summed E-state index contributed by atoms with van der Waals surface area (Å²) in [6.45, 7) is 8.60. The van der Waals surface area contributed by atoms with E-state index in [0.29, 0.717) is 25.3 Å². The van der Waals surface area contributed by atoms with E-state index in [9.17, 15) is 23.1 Å². The van der Waals surface area contributed by atoms with Crippen molar-refractivity contribution < 1.29 is 27.9 Å². The Balaban J connectivity index is 2.25. The van der Waals surface area contributed by atoms with Crippen LogP contribution in [0.15, 0.2) is 59.5 Å². The molecule has 2 amide bonds. The molecule has 0 aliphatic heterocycles. The summed E-state index contributed by atoms with van der Waals surface area (Å²) in [5.41, 5.74) is -1.56. The second-order valence-corrected chi connectivity index (χ2v) is 13.7. The topological polar surface area (TPSA) is 137 Å². The van der Waals surface area contributed by atoms with Crippen LogP contribution >= 0.6 is 0 Å². The zero-order chi connectivity index (χ0) is 31.4. The molecule has 4 N–H and O–H groups in total. The average Bonchev–Trinajstić information content (AvgIpc) is 2.93. The van der Waals surface area contributed by atoms with Crippen LogP contribution in [0.5, 0.6) is 5.75 Å². The van der Waals surface area contributed by atoms with Crippen LogP contribution in [0.4, 0.5) is 0 Å². The normalized spacial score (nSPS) is 13.5. The van der Waals surface area contributed by atoms with Crippen molar-refractivity contribution in [2.75, 3.05) is 40.3 Å². The molecule has 1 atom stereocenters. The van der Waals surface area contributed by atoms with Gasteiger partial charge in [-0.2, -0.15) is 4.31 Å². The van der Waals surface area contributed by atoms with E-state index in [4.69, 9.17) is 4.74 Å². The van der Waals surface area contributed by atoms with Gasteiger partial charge < -0.3 is 25.8 Å². The molecule has 0 heterocycles. The molecule has 10 nitrogen and oxygen atoms in total. The number of carbonyl (C=O) groups is 2. The Morgan fingerprint density at radius 1 is 0.976 bits per heavy atom. The Bertz CT molecular complexity index is 1240. The Morgan fingerprint density at radius 2 is 1.62 bits per heavy atom. The van der Waals surface area contributed by atoms with Crippen LogP contribution < -0.4 is 20.7 Å². The molecule has 234 valence electrons. The summed E-state index contributed by atoms with van der Waals surface area (Å²) < 4.78 is 34.3. The predicted octanol–water partition coefficient (Wildman–Crippen LogP) is 2.92. The van der Waals surface area contributed by atoms with Crippen molar-refractivity contribution >= 4 is 21.8 Å². The summed E-state index contributed by atoms with van der Waals surface area (Å²) in [7, 11) is -0.850. The summed E-state index contributed by atoms with van der Waals surface area (Å²) in [5.74, 6) is 0.0955. The molecule has 2 aromatic rings. The highest BCUT2D eigenvalue weighted by Crippen LogP contribution is 2.31. The minimum atomic E-state index is -4.13. The van der Waals surface area contributed by atoms with Gasteiger partial charge in [0, 0.05) is 51.9 Å². The minimum Gasteiger partial charge on any atom is -0.497 e. The van der Waals surface area contributed by atoms with Crippen LogP contribution in [0.3, 0.4) is 0 Å². The third-order valence-electron chi connectivity index (χ3n) is 6.83. The summed E-state index contributed by atoms with van der Waals surface area (Å²) >= 11 is 0. The molecule has 0 aliphatic rings. The molecule has 2 rings (SSSR count). The molecule has 0 aromatic heterocycles. The molecule has 2 aromatic carbocycles. The molecule has 0 saturated carbocycles. The van der Waals surface area contributed by atoms with Gasteiger partial charge in [0.25, 0.3) is 0 Å². The third kappa shape index (κ3) is 11.0. The van der Waals surface area contributed by atoms with Gasteiger partial charge in [-0.1, -0.05) is 58.0 Å². The molecule has 0 spiro atoms. The van der Waals surface area contributed by atoms with Crippen molar-refractivity contribution in [2.45, 2.75) is 64.0 Å². The third-order valence-corrected chi connectivity index (χ3v) is 8.76. The molecular formula is C31H48N4O6S. The maximum Gasteiger partial charge on any atom is 0.245 e. The van der Waals surface area contributed by atoms with E-state index in [-0.39, 0.29) is 55.0 Å². The summed E-state index contributed by atoms with van der Waals surface area (Å²) in [6.07, 6.45) is 0.508. The fraction of sp³-hybridized carbons (Fsp3) is 0.548. The lowest BCUT2D eigenvalue weighted by Crippen LogP contribution is -2.55. The number of rotatable bonds is 18. The number of aliphatic hydroxyl groups is 1.